The predicted molar refractivity (Wildman–Crippen MR) is 119 cm³/mol. The van der Waals surface area contributed by atoms with E-state index in [1.54, 1.807) is 0 Å². The molecule has 1 heterocycles. The minimum Gasteiger partial charge on any atom is -0.343 e. The number of benzene rings is 1. The van der Waals surface area contributed by atoms with Gasteiger partial charge in [-0.2, -0.15) is 0 Å². The van der Waals surface area contributed by atoms with E-state index in [4.69, 9.17) is 5.73 Å². The molecule has 2 aliphatic rings. The molecule has 0 aromatic heterocycles. The van der Waals surface area contributed by atoms with Crippen LogP contribution in [0.5, 0.6) is 0 Å². The Morgan fingerprint density at radius 2 is 1.62 bits per heavy atom. The average Bonchev–Trinajstić information content (AvgIpc) is 3.57. The quantitative estimate of drug-likeness (QED) is 0.585. The molecule has 0 spiro atoms. The van der Waals surface area contributed by atoms with Gasteiger partial charge in [-0.1, -0.05) is 43.2 Å². The van der Waals surface area contributed by atoms with E-state index in [0.29, 0.717) is 24.9 Å². The van der Waals surface area contributed by atoms with Crippen molar-refractivity contribution >= 4 is 24.2 Å². The molecule has 0 atom stereocenters. The van der Waals surface area contributed by atoms with E-state index < -0.39 is 0 Å². The molecule has 162 valence electrons. The zero-order valence-electron chi connectivity index (χ0n) is 17.4. The van der Waals surface area contributed by atoms with Gasteiger partial charge in [-0.3, -0.25) is 9.59 Å². The lowest BCUT2D eigenvalue weighted by atomic mass is 9.94. The second-order valence-electron chi connectivity index (χ2n) is 8.29. The van der Waals surface area contributed by atoms with Crippen molar-refractivity contribution in [3.8, 4) is 0 Å². The van der Waals surface area contributed by atoms with Crippen molar-refractivity contribution in [3.05, 3.63) is 35.9 Å². The second kappa shape index (κ2) is 12.2. The van der Waals surface area contributed by atoms with Crippen LogP contribution in [0.25, 0.3) is 0 Å². The van der Waals surface area contributed by atoms with Crippen LogP contribution in [0.4, 0.5) is 0 Å². The molecule has 1 aromatic carbocycles. The molecule has 6 heteroatoms. The van der Waals surface area contributed by atoms with Gasteiger partial charge in [0, 0.05) is 38.0 Å². The first kappa shape index (κ1) is 23.7. The smallest absolute Gasteiger partial charge is 0.226 e. The van der Waals surface area contributed by atoms with Crippen LogP contribution in [0.2, 0.25) is 0 Å². The fourth-order valence-corrected chi connectivity index (χ4v) is 4.10. The summed E-state index contributed by atoms with van der Waals surface area (Å²) >= 11 is 0. The number of hydrogen-bond acceptors (Lipinski definition) is 3. The molecule has 5 nitrogen and oxygen atoms in total. The summed E-state index contributed by atoms with van der Waals surface area (Å²) in [5.74, 6) is 0.611. The Balaban J connectivity index is 0.00000300. The van der Waals surface area contributed by atoms with Gasteiger partial charge in [0.2, 0.25) is 11.8 Å². The lowest BCUT2D eigenvalue weighted by Crippen LogP contribution is -2.44. The zero-order chi connectivity index (χ0) is 19.8. The Morgan fingerprint density at radius 1 is 0.966 bits per heavy atom. The fraction of sp³-hybridized carbons (Fsp3) is 0.652. The lowest BCUT2D eigenvalue weighted by molar-refractivity contribution is -0.141. The van der Waals surface area contributed by atoms with E-state index in [1.165, 1.54) is 5.56 Å². The number of nitrogens with two attached hydrogens (primary N) is 1. The number of amides is 2. The molecule has 0 unspecified atom stereocenters. The number of hydrogen-bond donors (Lipinski definition) is 1. The predicted octanol–water partition coefficient (Wildman–Crippen LogP) is 3.75. The van der Waals surface area contributed by atoms with Crippen molar-refractivity contribution in [1.82, 2.24) is 9.80 Å². The summed E-state index contributed by atoms with van der Waals surface area (Å²) in [4.78, 5) is 29.6. The maximum Gasteiger partial charge on any atom is 0.226 e. The van der Waals surface area contributed by atoms with Crippen molar-refractivity contribution in [2.75, 3.05) is 19.6 Å². The van der Waals surface area contributed by atoms with Gasteiger partial charge < -0.3 is 15.5 Å². The van der Waals surface area contributed by atoms with Crippen LogP contribution in [0.1, 0.15) is 63.4 Å². The van der Waals surface area contributed by atoms with Crippen molar-refractivity contribution in [2.45, 2.75) is 70.4 Å². The van der Waals surface area contributed by atoms with Crippen LogP contribution in [0.3, 0.4) is 0 Å². The number of nitrogens with zero attached hydrogens (tertiary/aromatic N) is 2. The van der Waals surface area contributed by atoms with E-state index in [1.807, 2.05) is 23.1 Å². The molecular formula is C23H36ClN3O2. The van der Waals surface area contributed by atoms with Gasteiger partial charge in [0.25, 0.3) is 0 Å². The number of carbonyl (C=O) groups is 2. The maximum absolute atomic E-state index is 13.1. The van der Waals surface area contributed by atoms with E-state index in [0.717, 1.165) is 71.0 Å². The van der Waals surface area contributed by atoms with E-state index in [9.17, 15) is 9.59 Å². The summed E-state index contributed by atoms with van der Waals surface area (Å²) in [6, 6.07) is 10.7. The van der Waals surface area contributed by atoms with Crippen LogP contribution >= 0.6 is 12.4 Å². The Hall–Kier alpha value is -1.59. The first-order valence-electron chi connectivity index (χ1n) is 11.0. The number of unbranched alkanes of at least 4 members (excludes halogenated alkanes) is 3. The molecule has 2 N–H and O–H groups in total. The summed E-state index contributed by atoms with van der Waals surface area (Å²) < 4.78 is 0. The van der Waals surface area contributed by atoms with Crippen LogP contribution in [-0.4, -0.2) is 47.3 Å². The molecular weight excluding hydrogens is 386 g/mol. The molecule has 1 saturated heterocycles. The molecule has 1 aromatic rings. The number of carbonyl (C=O) groups excluding carboxylic acids is 2. The van der Waals surface area contributed by atoms with Crippen molar-refractivity contribution in [1.29, 1.82) is 0 Å². The van der Waals surface area contributed by atoms with Crippen LogP contribution in [-0.2, 0) is 16.1 Å². The highest BCUT2D eigenvalue weighted by Gasteiger charge is 2.37. The first-order valence-corrected chi connectivity index (χ1v) is 11.0. The Labute approximate surface area is 181 Å². The molecule has 1 aliphatic heterocycles. The maximum atomic E-state index is 13.1. The zero-order valence-corrected chi connectivity index (χ0v) is 18.2. The van der Waals surface area contributed by atoms with Crippen molar-refractivity contribution in [2.24, 2.45) is 11.7 Å². The molecule has 2 amide bonds. The van der Waals surface area contributed by atoms with E-state index in [2.05, 4.69) is 17.0 Å². The monoisotopic (exact) mass is 421 g/mol. The largest absolute Gasteiger partial charge is 0.343 e. The number of rotatable bonds is 10. The third kappa shape index (κ3) is 7.31. The van der Waals surface area contributed by atoms with Gasteiger partial charge >= 0.3 is 0 Å². The highest BCUT2D eigenvalue weighted by molar-refractivity contribution is 5.85. The topological polar surface area (TPSA) is 66.6 Å². The minimum absolute atomic E-state index is 0. The van der Waals surface area contributed by atoms with Gasteiger partial charge in [0.05, 0.1) is 0 Å². The molecule has 29 heavy (non-hydrogen) atoms. The normalized spacial score (nSPS) is 16.9. The summed E-state index contributed by atoms with van der Waals surface area (Å²) in [6.45, 7) is 2.90. The van der Waals surface area contributed by atoms with Gasteiger partial charge in [-0.25, -0.2) is 0 Å². The van der Waals surface area contributed by atoms with E-state index >= 15 is 0 Å². The second-order valence-corrected chi connectivity index (χ2v) is 8.29. The molecule has 0 radical (unpaired) electrons. The van der Waals surface area contributed by atoms with Crippen LogP contribution in [0, 0.1) is 5.92 Å². The lowest BCUT2D eigenvalue weighted by Gasteiger charge is -2.34. The third-order valence-corrected chi connectivity index (χ3v) is 6.01. The Kier molecular flexibility index (Phi) is 9.95. The molecule has 1 aliphatic carbocycles. The van der Waals surface area contributed by atoms with Crippen LogP contribution < -0.4 is 5.73 Å². The van der Waals surface area contributed by atoms with Crippen molar-refractivity contribution < 1.29 is 9.59 Å². The average molecular weight is 422 g/mol. The number of likely N-dealkylation sites (tertiary alicyclic amines) is 1. The highest BCUT2D eigenvalue weighted by atomic mass is 35.5. The number of piperidine rings is 1. The highest BCUT2D eigenvalue weighted by Crippen LogP contribution is 2.32. The Bertz CT molecular complexity index is 628. The van der Waals surface area contributed by atoms with Crippen LogP contribution in [0.15, 0.2) is 30.3 Å². The standard InChI is InChI=1S/C23H35N3O2.ClH/c24-15-7-2-1-6-10-22(27)25-16-13-20(14-17-25)23(28)26(21-11-12-21)18-19-8-4-3-5-9-19;/h3-5,8-9,20-21H,1-2,6-7,10-18,24H2;1H. The molecule has 3 rings (SSSR count). The summed E-state index contributed by atoms with van der Waals surface area (Å²) in [6.07, 6.45) is 8.66. The SMILES string of the molecule is Cl.NCCCCCCC(=O)N1CCC(C(=O)N(Cc2ccccc2)C2CC2)CC1. The summed E-state index contributed by atoms with van der Waals surface area (Å²) in [5.41, 5.74) is 6.70. The molecule has 0 bridgehead atoms. The third-order valence-electron chi connectivity index (χ3n) is 6.01. The minimum atomic E-state index is 0. The first-order chi connectivity index (χ1) is 13.7. The van der Waals surface area contributed by atoms with Gasteiger partial charge in [0.15, 0.2) is 0 Å². The molecule has 1 saturated carbocycles. The number of halogens is 1. The Morgan fingerprint density at radius 3 is 2.24 bits per heavy atom. The van der Waals surface area contributed by atoms with Gasteiger partial charge in [-0.15, -0.1) is 12.4 Å². The summed E-state index contributed by atoms with van der Waals surface area (Å²) in [7, 11) is 0. The summed E-state index contributed by atoms with van der Waals surface area (Å²) in [5, 5.41) is 0. The molecule has 2 fully saturated rings. The van der Waals surface area contributed by atoms with Gasteiger partial charge in [0.1, 0.15) is 0 Å². The van der Waals surface area contributed by atoms with Crippen molar-refractivity contribution in [3.63, 3.8) is 0 Å². The fourth-order valence-electron chi connectivity index (χ4n) is 4.10. The van der Waals surface area contributed by atoms with Gasteiger partial charge in [-0.05, 0) is 50.6 Å². The van der Waals surface area contributed by atoms with E-state index in [-0.39, 0.29) is 24.2 Å².